The monoisotopic (exact) mass is 329 g/mol. The second-order valence-corrected chi connectivity index (χ2v) is 6.81. The summed E-state index contributed by atoms with van der Waals surface area (Å²) in [4.78, 5) is 12.0. The van der Waals surface area contributed by atoms with Gasteiger partial charge in [0.05, 0.1) is 19.3 Å². The van der Waals surface area contributed by atoms with Crippen molar-refractivity contribution in [3.8, 4) is 5.75 Å². The molecule has 2 fully saturated rings. The number of para-hydroxylation sites is 2. The third-order valence-corrected chi connectivity index (χ3v) is 5.25. The van der Waals surface area contributed by atoms with Crippen LogP contribution in [-0.2, 0) is 4.79 Å². The van der Waals surface area contributed by atoms with Crippen LogP contribution in [-0.4, -0.2) is 25.3 Å². The number of amides is 1. The van der Waals surface area contributed by atoms with E-state index in [4.69, 9.17) is 4.74 Å². The fourth-order valence-electron chi connectivity index (χ4n) is 3.94. The molecule has 1 aromatic rings. The first-order chi connectivity index (χ1) is 11.8. The zero-order chi connectivity index (χ0) is 16.8. The molecule has 130 valence electrons. The summed E-state index contributed by atoms with van der Waals surface area (Å²) in [6, 6.07) is 7.56. The Kier molecular flexibility index (Phi) is 5.72. The van der Waals surface area contributed by atoms with E-state index in [1.54, 1.807) is 7.11 Å². The lowest BCUT2D eigenvalue weighted by atomic mass is 9.70. The number of carbonyl (C=O) groups is 1. The Balaban J connectivity index is 1.47. The molecular formula is C19H27N3O2. The molecule has 2 aliphatic rings. The topological polar surface area (TPSA) is 62.7 Å². The number of nitrogens with zero attached hydrogens (tertiary/aromatic N) is 1. The molecule has 1 amide bonds. The van der Waals surface area contributed by atoms with Gasteiger partial charge in [-0.2, -0.15) is 5.10 Å². The summed E-state index contributed by atoms with van der Waals surface area (Å²) in [5, 5.41) is 7.47. The van der Waals surface area contributed by atoms with Crippen LogP contribution in [0, 0.1) is 11.8 Å². The number of rotatable bonds is 5. The van der Waals surface area contributed by atoms with Gasteiger partial charge in [0, 0.05) is 5.71 Å². The molecule has 3 rings (SSSR count). The van der Waals surface area contributed by atoms with Gasteiger partial charge in [-0.25, -0.2) is 5.43 Å². The Morgan fingerprint density at radius 2 is 2.00 bits per heavy atom. The molecule has 0 heterocycles. The van der Waals surface area contributed by atoms with Crippen molar-refractivity contribution in [1.29, 1.82) is 0 Å². The van der Waals surface area contributed by atoms with E-state index < -0.39 is 0 Å². The summed E-state index contributed by atoms with van der Waals surface area (Å²) in [5.41, 5.74) is 4.67. The van der Waals surface area contributed by atoms with Gasteiger partial charge in [0.1, 0.15) is 5.75 Å². The maximum absolute atomic E-state index is 12.0. The van der Waals surface area contributed by atoms with Crippen LogP contribution in [0.1, 0.15) is 44.9 Å². The molecule has 2 saturated carbocycles. The first-order valence-corrected chi connectivity index (χ1v) is 8.97. The second kappa shape index (κ2) is 8.18. The van der Waals surface area contributed by atoms with Crippen molar-refractivity contribution in [3.63, 3.8) is 0 Å². The van der Waals surface area contributed by atoms with Crippen molar-refractivity contribution in [2.75, 3.05) is 19.0 Å². The Labute approximate surface area is 143 Å². The van der Waals surface area contributed by atoms with Crippen LogP contribution < -0.4 is 15.5 Å². The zero-order valence-corrected chi connectivity index (χ0v) is 14.4. The summed E-state index contributed by atoms with van der Waals surface area (Å²) in [6.07, 6.45) is 8.77. The maximum atomic E-state index is 12.0. The molecular weight excluding hydrogens is 302 g/mol. The molecule has 0 aromatic heterocycles. The number of hydrazone groups is 1. The molecule has 0 spiro atoms. The largest absolute Gasteiger partial charge is 0.495 e. The highest BCUT2D eigenvalue weighted by molar-refractivity contribution is 5.88. The van der Waals surface area contributed by atoms with E-state index in [1.165, 1.54) is 32.1 Å². The van der Waals surface area contributed by atoms with Crippen LogP contribution in [0.25, 0.3) is 0 Å². The molecule has 2 aliphatic carbocycles. The minimum Gasteiger partial charge on any atom is -0.495 e. The van der Waals surface area contributed by atoms with Crippen LogP contribution in [0.15, 0.2) is 29.4 Å². The molecule has 2 N–H and O–H groups in total. The standard InChI is InChI=1S/C19H27N3O2/c1-24-18-9-5-4-8-17(18)20-13-19(23)22-21-16-11-10-14-6-2-3-7-15(14)12-16/h4-5,8-9,14-15,20H,2-3,6-7,10-13H2,1H3,(H,22,23)/b21-16-/t14-,15-/m1/s1. The van der Waals surface area contributed by atoms with Crippen LogP contribution in [0.4, 0.5) is 5.69 Å². The Morgan fingerprint density at radius 1 is 1.21 bits per heavy atom. The SMILES string of the molecule is COc1ccccc1NCC(=O)N/N=C1/CC[C@H]2CCCC[C@@H]2C1. The lowest BCUT2D eigenvalue weighted by Gasteiger charge is -2.35. The van der Waals surface area contributed by atoms with Gasteiger partial charge in [-0.05, 0) is 49.7 Å². The predicted molar refractivity (Wildman–Crippen MR) is 96.4 cm³/mol. The lowest BCUT2D eigenvalue weighted by molar-refractivity contribution is -0.119. The number of benzene rings is 1. The fourth-order valence-corrected chi connectivity index (χ4v) is 3.94. The Hall–Kier alpha value is -2.04. The number of methoxy groups -OCH3 is 1. The van der Waals surface area contributed by atoms with Crippen LogP contribution >= 0.6 is 0 Å². The van der Waals surface area contributed by atoms with E-state index in [2.05, 4.69) is 15.8 Å². The average Bonchev–Trinajstić information content (AvgIpc) is 2.64. The van der Waals surface area contributed by atoms with Gasteiger partial charge in [0.2, 0.25) is 0 Å². The number of ether oxygens (including phenoxy) is 1. The van der Waals surface area contributed by atoms with Gasteiger partial charge in [0.25, 0.3) is 5.91 Å². The first kappa shape index (κ1) is 16.8. The number of hydrogen-bond donors (Lipinski definition) is 2. The lowest BCUT2D eigenvalue weighted by Crippen LogP contribution is -2.31. The minimum atomic E-state index is -0.126. The van der Waals surface area contributed by atoms with E-state index in [-0.39, 0.29) is 12.5 Å². The highest BCUT2D eigenvalue weighted by atomic mass is 16.5. The van der Waals surface area contributed by atoms with Crippen molar-refractivity contribution < 1.29 is 9.53 Å². The van der Waals surface area contributed by atoms with Gasteiger partial charge in [-0.1, -0.05) is 31.4 Å². The van der Waals surface area contributed by atoms with Crippen molar-refractivity contribution in [3.05, 3.63) is 24.3 Å². The fraction of sp³-hybridized carbons (Fsp3) is 0.579. The smallest absolute Gasteiger partial charge is 0.259 e. The average molecular weight is 329 g/mol. The number of anilines is 1. The molecule has 24 heavy (non-hydrogen) atoms. The van der Waals surface area contributed by atoms with E-state index >= 15 is 0 Å². The Bertz CT molecular complexity index is 600. The normalized spacial score (nSPS) is 25.0. The van der Waals surface area contributed by atoms with Crippen LogP contribution in [0.5, 0.6) is 5.75 Å². The van der Waals surface area contributed by atoms with Gasteiger partial charge in [-0.3, -0.25) is 4.79 Å². The highest BCUT2D eigenvalue weighted by Crippen LogP contribution is 2.39. The van der Waals surface area contributed by atoms with E-state index in [9.17, 15) is 4.79 Å². The van der Waals surface area contributed by atoms with E-state index in [1.807, 2.05) is 24.3 Å². The summed E-state index contributed by atoms with van der Waals surface area (Å²) in [7, 11) is 1.62. The second-order valence-electron chi connectivity index (χ2n) is 6.81. The van der Waals surface area contributed by atoms with Gasteiger partial charge < -0.3 is 10.1 Å². The quantitative estimate of drug-likeness (QED) is 0.812. The highest BCUT2D eigenvalue weighted by Gasteiger charge is 2.30. The number of carbonyl (C=O) groups excluding carboxylic acids is 1. The predicted octanol–water partition coefficient (Wildman–Crippen LogP) is 3.57. The van der Waals surface area contributed by atoms with Crippen molar-refractivity contribution in [2.24, 2.45) is 16.9 Å². The van der Waals surface area contributed by atoms with E-state index in [0.717, 1.165) is 41.8 Å². The number of hydrogen-bond acceptors (Lipinski definition) is 4. The zero-order valence-electron chi connectivity index (χ0n) is 14.4. The molecule has 0 unspecified atom stereocenters. The van der Waals surface area contributed by atoms with E-state index in [0.29, 0.717) is 0 Å². The first-order valence-electron chi connectivity index (χ1n) is 8.97. The summed E-state index contributed by atoms with van der Waals surface area (Å²) in [5.74, 6) is 2.28. The third-order valence-electron chi connectivity index (χ3n) is 5.25. The third kappa shape index (κ3) is 4.28. The molecule has 0 saturated heterocycles. The molecule has 5 heteroatoms. The minimum absolute atomic E-state index is 0.126. The summed E-state index contributed by atoms with van der Waals surface area (Å²) in [6.45, 7) is 0.184. The van der Waals surface area contributed by atoms with Gasteiger partial charge in [0.15, 0.2) is 0 Å². The number of fused-ring (bicyclic) bond motifs is 1. The van der Waals surface area contributed by atoms with Gasteiger partial charge in [-0.15, -0.1) is 0 Å². The molecule has 0 radical (unpaired) electrons. The molecule has 5 nitrogen and oxygen atoms in total. The molecule has 1 aromatic carbocycles. The van der Waals surface area contributed by atoms with Crippen LogP contribution in [0.2, 0.25) is 0 Å². The summed E-state index contributed by atoms with van der Waals surface area (Å²) < 4.78 is 5.26. The molecule has 0 bridgehead atoms. The van der Waals surface area contributed by atoms with Crippen molar-refractivity contribution in [1.82, 2.24) is 5.43 Å². The molecule has 2 atom stereocenters. The van der Waals surface area contributed by atoms with Crippen LogP contribution in [0.3, 0.4) is 0 Å². The summed E-state index contributed by atoms with van der Waals surface area (Å²) >= 11 is 0. The van der Waals surface area contributed by atoms with Gasteiger partial charge >= 0.3 is 0 Å². The van der Waals surface area contributed by atoms with Crippen molar-refractivity contribution >= 4 is 17.3 Å². The van der Waals surface area contributed by atoms with Crippen molar-refractivity contribution in [2.45, 2.75) is 44.9 Å². The molecule has 0 aliphatic heterocycles. The maximum Gasteiger partial charge on any atom is 0.259 e. The Morgan fingerprint density at radius 3 is 2.83 bits per heavy atom. The number of nitrogens with one attached hydrogen (secondary N) is 2.